The van der Waals surface area contributed by atoms with Crippen molar-refractivity contribution in [1.29, 1.82) is 0 Å². The van der Waals surface area contributed by atoms with Gasteiger partial charge in [-0.3, -0.25) is 4.79 Å². The summed E-state index contributed by atoms with van der Waals surface area (Å²) >= 11 is 0. The van der Waals surface area contributed by atoms with Gasteiger partial charge in [0.1, 0.15) is 9.84 Å². The van der Waals surface area contributed by atoms with Crippen LogP contribution < -0.4 is 5.32 Å². The zero-order valence-corrected chi connectivity index (χ0v) is 20.8. The van der Waals surface area contributed by atoms with Crippen molar-refractivity contribution in [2.75, 3.05) is 18.1 Å². The summed E-state index contributed by atoms with van der Waals surface area (Å²) in [6.07, 6.45) is 7.49. The molecule has 0 aromatic heterocycles. The molecule has 0 bridgehead atoms. The fourth-order valence-corrected chi connectivity index (χ4v) is 7.70. The van der Waals surface area contributed by atoms with Crippen molar-refractivity contribution >= 4 is 27.5 Å². The Morgan fingerprint density at radius 2 is 1.58 bits per heavy atom. The molecule has 1 aromatic carbocycles. The number of rotatable bonds is 3. The molecule has 1 saturated heterocycles. The molecule has 2 aliphatic carbocycles. The van der Waals surface area contributed by atoms with Gasteiger partial charge in [-0.1, -0.05) is 18.2 Å². The maximum atomic E-state index is 13.3. The third-order valence-electron chi connectivity index (χ3n) is 8.16. The third kappa shape index (κ3) is 5.20. The first-order valence-corrected chi connectivity index (χ1v) is 14.2. The lowest BCUT2D eigenvalue weighted by Crippen LogP contribution is -2.67. The van der Waals surface area contributed by atoms with Gasteiger partial charge in [-0.15, -0.1) is 0 Å². The van der Waals surface area contributed by atoms with Gasteiger partial charge in [0.25, 0.3) is 0 Å². The van der Waals surface area contributed by atoms with Crippen LogP contribution in [0.4, 0.5) is 10.5 Å². The zero-order valence-electron chi connectivity index (χ0n) is 19.9. The molecular weight excluding hydrogens is 438 g/mol. The summed E-state index contributed by atoms with van der Waals surface area (Å²) in [4.78, 5) is 29.8. The maximum absolute atomic E-state index is 13.3. The maximum Gasteiger partial charge on any atom is 0.322 e. The van der Waals surface area contributed by atoms with E-state index in [0.29, 0.717) is 18.4 Å². The van der Waals surface area contributed by atoms with Crippen LogP contribution in [0, 0.1) is 11.8 Å². The Hall–Kier alpha value is -2.09. The van der Waals surface area contributed by atoms with Gasteiger partial charge in [-0.25, -0.2) is 13.2 Å². The Morgan fingerprint density at radius 3 is 2.18 bits per heavy atom. The minimum atomic E-state index is -2.98. The number of piperazine rings is 1. The fourth-order valence-electron chi connectivity index (χ4n) is 6.57. The van der Waals surface area contributed by atoms with Gasteiger partial charge in [-0.2, -0.15) is 0 Å². The molecule has 33 heavy (non-hydrogen) atoms. The Morgan fingerprint density at radius 1 is 0.939 bits per heavy atom. The fraction of sp³-hybridized carbons (Fsp3) is 0.680. The predicted molar refractivity (Wildman–Crippen MR) is 130 cm³/mol. The predicted octanol–water partition coefficient (Wildman–Crippen LogP) is 3.91. The number of carbonyl (C=O) groups is 2. The Bertz CT molecular complexity index is 959. The lowest BCUT2D eigenvalue weighted by atomic mass is 9.69. The smallest absolute Gasteiger partial charge is 0.322 e. The van der Waals surface area contributed by atoms with E-state index in [4.69, 9.17) is 0 Å². The molecule has 3 unspecified atom stereocenters. The van der Waals surface area contributed by atoms with Crippen LogP contribution in [0.15, 0.2) is 30.3 Å². The van der Waals surface area contributed by atoms with Crippen LogP contribution in [-0.2, 0) is 14.6 Å². The van der Waals surface area contributed by atoms with Gasteiger partial charge >= 0.3 is 6.03 Å². The van der Waals surface area contributed by atoms with Crippen LogP contribution in [0.1, 0.15) is 58.8 Å². The van der Waals surface area contributed by atoms with Crippen molar-refractivity contribution in [3.05, 3.63) is 30.3 Å². The number of nitrogens with one attached hydrogen (secondary N) is 1. The highest BCUT2D eigenvalue weighted by Gasteiger charge is 2.47. The molecule has 0 radical (unpaired) electrons. The first-order valence-electron chi connectivity index (χ1n) is 12.3. The number of carbonyl (C=O) groups excluding carboxylic acids is 2. The number of urea groups is 1. The highest BCUT2D eigenvalue weighted by Crippen LogP contribution is 2.43. The molecular formula is C25H37N3O4S. The van der Waals surface area contributed by atoms with Crippen LogP contribution >= 0.6 is 0 Å². The van der Waals surface area contributed by atoms with Gasteiger partial charge in [0.2, 0.25) is 5.91 Å². The quantitative estimate of drug-likeness (QED) is 0.718. The number of fused-ring (bicyclic) bond motifs is 1. The molecule has 3 aliphatic rings. The average molecular weight is 476 g/mol. The zero-order chi connectivity index (χ0) is 23.8. The van der Waals surface area contributed by atoms with Crippen molar-refractivity contribution in [2.45, 2.75) is 82.2 Å². The van der Waals surface area contributed by atoms with E-state index in [0.717, 1.165) is 50.6 Å². The topological polar surface area (TPSA) is 86.8 Å². The van der Waals surface area contributed by atoms with Gasteiger partial charge in [0.15, 0.2) is 0 Å². The van der Waals surface area contributed by atoms with Crippen molar-refractivity contribution in [3.8, 4) is 0 Å². The van der Waals surface area contributed by atoms with E-state index < -0.39 is 9.84 Å². The van der Waals surface area contributed by atoms with Crippen LogP contribution in [0.25, 0.3) is 0 Å². The van der Waals surface area contributed by atoms with E-state index in [2.05, 4.69) is 5.32 Å². The molecule has 7 nitrogen and oxygen atoms in total. The first kappa shape index (κ1) is 24.0. The lowest BCUT2D eigenvalue weighted by molar-refractivity contribution is -0.141. The Kier molecular flexibility index (Phi) is 7.03. The Balaban J connectivity index is 1.50. The third-order valence-corrected chi connectivity index (χ3v) is 9.84. The van der Waals surface area contributed by atoms with E-state index in [1.165, 1.54) is 6.26 Å². The SMILES string of the molecule is CC(=O)N1C2CCC(C3CCC(S(C)(=O)=O)CC3)CC2N(C(=O)Nc2ccccc2)C[C@@H]1C. The lowest BCUT2D eigenvalue weighted by Gasteiger charge is -2.54. The molecule has 1 aromatic rings. The molecule has 3 fully saturated rings. The molecule has 4 atom stereocenters. The number of benzene rings is 1. The summed E-state index contributed by atoms with van der Waals surface area (Å²) in [5.74, 6) is 1.03. The minimum Gasteiger partial charge on any atom is -0.333 e. The normalized spacial score (nSPS) is 32.7. The minimum absolute atomic E-state index is 0.0137. The van der Waals surface area contributed by atoms with E-state index in [-0.39, 0.29) is 35.3 Å². The number of para-hydroxylation sites is 1. The Labute approximate surface area is 197 Å². The van der Waals surface area contributed by atoms with E-state index >= 15 is 0 Å². The first-order chi connectivity index (χ1) is 15.6. The number of sulfone groups is 1. The number of nitrogens with zero attached hydrogens (tertiary/aromatic N) is 2. The van der Waals surface area contributed by atoms with Crippen molar-refractivity contribution in [1.82, 2.24) is 9.80 Å². The summed E-state index contributed by atoms with van der Waals surface area (Å²) in [5.41, 5.74) is 0.771. The van der Waals surface area contributed by atoms with E-state index in [1.807, 2.05) is 47.1 Å². The average Bonchev–Trinajstić information content (AvgIpc) is 2.78. The van der Waals surface area contributed by atoms with Crippen LogP contribution in [0.5, 0.6) is 0 Å². The van der Waals surface area contributed by atoms with Gasteiger partial charge in [-0.05, 0) is 75.8 Å². The number of anilines is 1. The standard InChI is InChI=1S/C25H37N3O4S/c1-17-16-27(25(30)26-21-7-5-4-6-8-21)24-15-20(11-14-23(24)28(17)18(2)29)19-9-12-22(13-10-19)33(3,31)32/h4-8,17,19-20,22-24H,9-16H2,1-3H3,(H,26,30)/t17-,19?,20?,22?,23?,24?/m0/s1. The van der Waals surface area contributed by atoms with Gasteiger partial charge < -0.3 is 15.1 Å². The second kappa shape index (κ2) is 9.65. The summed E-state index contributed by atoms with van der Waals surface area (Å²) < 4.78 is 23.9. The summed E-state index contributed by atoms with van der Waals surface area (Å²) in [6, 6.07) is 9.39. The monoisotopic (exact) mass is 475 g/mol. The molecule has 4 rings (SSSR count). The number of amides is 3. The van der Waals surface area contributed by atoms with Crippen LogP contribution in [0.2, 0.25) is 0 Å². The summed E-state index contributed by atoms with van der Waals surface area (Å²) in [5, 5.41) is 2.84. The molecule has 1 heterocycles. The largest absolute Gasteiger partial charge is 0.333 e. The van der Waals surface area contributed by atoms with Crippen LogP contribution in [0.3, 0.4) is 0 Å². The molecule has 182 valence electrons. The van der Waals surface area contributed by atoms with Gasteiger partial charge in [0, 0.05) is 31.5 Å². The second-order valence-electron chi connectivity index (χ2n) is 10.3. The van der Waals surface area contributed by atoms with E-state index in [9.17, 15) is 18.0 Å². The van der Waals surface area contributed by atoms with Crippen molar-refractivity contribution in [3.63, 3.8) is 0 Å². The summed E-state index contributed by atoms with van der Waals surface area (Å²) in [6.45, 7) is 4.18. The van der Waals surface area contributed by atoms with E-state index in [1.54, 1.807) is 6.92 Å². The highest BCUT2D eigenvalue weighted by molar-refractivity contribution is 7.91. The molecule has 2 saturated carbocycles. The molecule has 1 aliphatic heterocycles. The highest BCUT2D eigenvalue weighted by atomic mass is 32.2. The van der Waals surface area contributed by atoms with Crippen LogP contribution in [-0.4, -0.2) is 66.3 Å². The van der Waals surface area contributed by atoms with Crippen molar-refractivity contribution < 1.29 is 18.0 Å². The molecule has 8 heteroatoms. The van der Waals surface area contributed by atoms with Gasteiger partial charge in [0.05, 0.1) is 17.3 Å². The molecule has 1 N–H and O–H groups in total. The number of hydrogen-bond donors (Lipinski definition) is 1. The molecule has 3 amide bonds. The van der Waals surface area contributed by atoms with Crippen molar-refractivity contribution in [2.24, 2.45) is 11.8 Å². The number of hydrogen-bond acceptors (Lipinski definition) is 4. The summed E-state index contributed by atoms with van der Waals surface area (Å²) in [7, 11) is -2.98. The molecule has 0 spiro atoms. The second-order valence-corrected chi connectivity index (χ2v) is 12.6.